The molecule has 7 nitrogen and oxygen atoms in total. The second-order valence-corrected chi connectivity index (χ2v) is 9.81. The van der Waals surface area contributed by atoms with E-state index in [4.69, 9.17) is 14.8 Å². The highest BCUT2D eigenvalue weighted by Crippen LogP contribution is 2.38. The SMILES string of the molecule is CN(C)CCOc1ccc(N=C(c2cccc(CCC(=O)O)c2)C2C(=O)Nc3cc(Br)ccc32)cc1. The number of carbonyl (C=O) groups excluding carboxylic acids is 1. The van der Waals surface area contributed by atoms with Crippen LogP contribution in [0.4, 0.5) is 11.4 Å². The number of likely N-dealkylation sites (N-methyl/N-ethyl adjacent to an activating group) is 1. The number of nitrogens with zero attached hydrogens (tertiary/aromatic N) is 2. The van der Waals surface area contributed by atoms with E-state index in [1.807, 2.05) is 80.8 Å². The molecule has 1 heterocycles. The maximum Gasteiger partial charge on any atom is 0.303 e. The molecule has 2 N–H and O–H groups in total. The fourth-order valence-electron chi connectivity index (χ4n) is 4.04. The molecular formula is C28H28BrN3O4. The van der Waals surface area contributed by atoms with Crippen LogP contribution in [-0.2, 0) is 16.0 Å². The molecule has 1 amide bonds. The molecule has 0 radical (unpaired) electrons. The van der Waals surface area contributed by atoms with Gasteiger partial charge in [0.05, 0.1) is 11.4 Å². The Labute approximate surface area is 218 Å². The normalized spacial score (nSPS) is 15.1. The van der Waals surface area contributed by atoms with Crippen LogP contribution in [0.2, 0.25) is 0 Å². The summed E-state index contributed by atoms with van der Waals surface area (Å²) >= 11 is 3.47. The van der Waals surface area contributed by atoms with Crippen LogP contribution in [0.15, 0.2) is 76.2 Å². The molecule has 0 fully saturated rings. The molecule has 0 aromatic heterocycles. The highest BCUT2D eigenvalue weighted by Gasteiger charge is 2.35. The predicted molar refractivity (Wildman–Crippen MR) is 145 cm³/mol. The van der Waals surface area contributed by atoms with Crippen molar-refractivity contribution < 1.29 is 19.4 Å². The summed E-state index contributed by atoms with van der Waals surface area (Å²) < 4.78 is 6.67. The first-order valence-corrected chi connectivity index (χ1v) is 12.5. The molecule has 0 saturated carbocycles. The maximum absolute atomic E-state index is 13.2. The maximum atomic E-state index is 13.2. The lowest BCUT2D eigenvalue weighted by Gasteiger charge is -2.15. The van der Waals surface area contributed by atoms with E-state index in [1.165, 1.54) is 0 Å². The van der Waals surface area contributed by atoms with E-state index >= 15 is 0 Å². The van der Waals surface area contributed by atoms with E-state index in [0.717, 1.165) is 39.1 Å². The average Bonchev–Trinajstić information content (AvgIpc) is 3.16. The van der Waals surface area contributed by atoms with Crippen LogP contribution in [0, 0.1) is 0 Å². The lowest BCUT2D eigenvalue weighted by atomic mass is 9.89. The van der Waals surface area contributed by atoms with Crippen LogP contribution in [0.3, 0.4) is 0 Å². The predicted octanol–water partition coefficient (Wildman–Crippen LogP) is 5.26. The van der Waals surface area contributed by atoms with Gasteiger partial charge in [0.1, 0.15) is 18.3 Å². The molecule has 0 saturated heterocycles. The van der Waals surface area contributed by atoms with Gasteiger partial charge >= 0.3 is 5.97 Å². The number of fused-ring (bicyclic) bond motifs is 1. The molecule has 1 unspecified atom stereocenters. The number of hydrogen-bond donors (Lipinski definition) is 2. The van der Waals surface area contributed by atoms with Crippen molar-refractivity contribution in [1.29, 1.82) is 0 Å². The number of nitrogens with one attached hydrogen (secondary N) is 1. The molecule has 3 aromatic carbocycles. The number of carboxylic acid groups (broad SMARTS) is 1. The summed E-state index contributed by atoms with van der Waals surface area (Å²) in [6.07, 6.45) is 0.432. The Balaban J connectivity index is 1.71. The summed E-state index contributed by atoms with van der Waals surface area (Å²) in [5, 5.41) is 12.1. The number of rotatable bonds is 10. The number of aryl methyl sites for hydroxylation is 1. The Morgan fingerprint density at radius 2 is 1.89 bits per heavy atom. The smallest absolute Gasteiger partial charge is 0.303 e. The minimum atomic E-state index is -0.850. The third-order valence-corrected chi connectivity index (χ3v) is 6.36. The summed E-state index contributed by atoms with van der Waals surface area (Å²) in [5.74, 6) is -0.848. The molecule has 0 aliphatic carbocycles. The highest BCUT2D eigenvalue weighted by atomic mass is 79.9. The second-order valence-electron chi connectivity index (χ2n) is 8.89. The van der Waals surface area contributed by atoms with Crippen LogP contribution in [-0.4, -0.2) is 54.8 Å². The van der Waals surface area contributed by atoms with Crippen molar-refractivity contribution >= 4 is 44.9 Å². The Morgan fingerprint density at radius 1 is 1.11 bits per heavy atom. The van der Waals surface area contributed by atoms with Crippen molar-refractivity contribution in [3.8, 4) is 5.75 Å². The molecular weight excluding hydrogens is 522 g/mol. The summed E-state index contributed by atoms with van der Waals surface area (Å²) in [6, 6.07) is 20.8. The van der Waals surface area contributed by atoms with Gasteiger partial charge in [-0.15, -0.1) is 0 Å². The van der Waals surface area contributed by atoms with E-state index in [1.54, 1.807) is 0 Å². The van der Waals surface area contributed by atoms with E-state index < -0.39 is 11.9 Å². The molecule has 1 aliphatic rings. The third-order valence-electron chi connectivity index (χ3n) is 5.86. The molecule has 3 aromatic rings. The number of aliphatic carboxylic acids is 1. The molecule has 0 bridgehead atoms. The van der Waals surface area contributed by atoms with Crippen molar-refractivity contribution in [2.75, 3.05) is 32.6 Å². The first-order chi connectivity index (χ1) is 17.3. The summed E-state index contributed by atoms with van der Waals surface area (Å²) in [6.45, 7) is 1.40. The Hall–Kier alpha value is -3.49. The van der Waals surface area contributed by atoms with Crippen LogP contribution < -0.4 is 10.1 Å². The zero-order valence-corrected chi connectivity index (χ0v) is 21.8. The number of carboxylic acids is 1. The number of benzene rings is 3. The van der Waals surface area contributed by atoms with Crippen LogP contribution >= 0.6 is 15.9 Å². The highest BCUT2D eigenvalue weighted by molar-refractivity contribution is 9.10. The Morgan fingerprint density at radius 3 is 2.61 bits per heavy atom. The van der Waals surface area contributed by atoms with E-state index in [0.29, 0.717) is 24.4 Å². The molecule has 186 valence electrons. The summed E-state index contributed by atoms with van der Waals surface area (Å²) in [4.78, 5) is 31.2. The number of amides is 1. The van der Waals surface area contributed by atoms with Crippen LogP contribution in [0.1, 0.15) is 29.0 Å². The number of hydrogen-bond acceptors (Lipinski definition) is 5. The van der Waals surface area contributed by atoms with Crippen LogP contribution in [0.25, 0.3) is 0 Å². The van der Waals surface area contributed by atoms with Gasteiger partial charge in [-0.1, -0.05) is 40.2 Å². The van der Waals surface area contributed by atoms with Crippen LogP contribution in [0.5, 0.6) is 5.75 Å². The Bertz CT molecular complexity index is 1290. The first kappa shape index (κ1) is 25.6. The van der Waals surface area contributed by atoms with Crippen molar-refractivity contribution in [3.63, 3.8) is 0 Å². The Kier molecular flexibility index (Phi) is 8.18. The zero-order chi connectivity index (χ0) is 25.7. The van der Waals surface area contributed by atoms with Gasteiger partial charge in [0.25, 0.3) is 0 Å². The number of ether oxygens (including phenoxy) is 1. The molecule has 1 atom stereocenters. The van der Waals surface area contributed by atoms with Crippen molar-refractivity contribution in [1.82, 2.24) is 4.90 Å². The number of anilines is 1. The molecule has 1 aliphatic heterocycles. The number of aliphatic imine (C=N–C) groups is 1. The molecule has 36 heavy (non-hydrogen) atoms. The summed E-state index contributed by atoms with van der Waals surface area (Å²) in [5.41, 5.74) is 4.55. The van der Waals surface area contributed by atoms with Gasteiger partial charge in [-0.2, -0.15) is 0 Å². The van der Waals surface area contributed by atoms with E-state index in [9.17, 15) is 9.59 Å². The van der Waals surface area contributed by atoms with E-state index in [-0.39, 0.29) is 12.3 Å². The molecule has 8 heteroatoms. The minimum Gasteiger partial charge on any atom is -0.492 e. The number of carbonyl (C=O) groups is 2. The standard InChI is InChI=1S/C28H28BrN3O4/c1-32(2)14-15-36-22-10-8-21(9-11-22)30-27(19-5-3-4-18(16-19)6-13-25(33)34)26-23-12-7-20(29)17-24(23)31-28(26)35/h3-5,7-12,16-17,26H,6,13-15H2,1-2H3,(H,31,35)(H,33,34). The molecule has 4 rings (SSSR count). The second kappa shape index (κ2) is 11.5. The molecule has 0 spiro atoms. The van der Waals surface area contributed by atoms with Gasteiger partial charge in [-0.25, -0.2) is 0 Å². The lowest BCUT2D eigenvalue weighted by Crippen LogP contribution is -2.22. The van der Waals surface area contributed by atoms with Gasteiger partial charge in [0, 0.05) is 23.1 Å². The minimum absolute atomic E-state index is 0.0337. The topological polar surface area (TPSA) is 91.2 Å². The van der Waals surface area contributed by atoms with Gasteiger partial charge in [-0.3, -0.25) is 14.6 Å². The lowest BCUT2D eigenvalue weighted by molar-refractivity contribution is -0.137. The van der Waals surface area contributed by atoms with E-state index in [2.05, 4.69) is 26.1 Å². The van der Waals surface area contributed by atoms with Gasteiger partial charge in [-0.05, 0) is 79.7 Å². The fourth-order valence-corrected chi connectivity index (χ4v) is 4.40. The number of halogens is 1. The van der Waals surface area contributed by atoms with Gasteiger partial charge in [0.15, 0.2) is 0 Å². The van der Waals surface area contributed by atoms with Gasteiger partial charge < -0.3 is 20.1 Å². The fraction of sp³-hybridized carbons (Fsp3) is 0.250. The largest absolute Gasteiger partial charge is 0.492 e. The monoisotopic (exact) mass is 549 g/mol. The zero-order valence-electron chi connectivity index (χ0n) is 20.2. The third kappa shape index (κ3) is 6.38. The quantitative estimate of drug-likeness (QED) is 0.336. The van der Waals surface area contributed by atoms with Crippen molar-refractivity contribution in [2.24, 2.45) is 4.99 Å². The average molecular weight is 550 g/mol. The summed E-state index contributed by atoms with van der Waals surface area (Å²) in [7, 11) is 3.99. The van der Waals surface area contributed by atoms with Crippen molar-refractivity contribution in [2.45, 2.75) is 18.8 Å². The first-order valence-electron chi connectivity index (χ1n) is 11.7. The van der Waals surface area contributed by atoms with Crippen molar-refractivity contribution in [3.05, 3.63) is 87.9 Å². The van der Waals surface area contributed by atoms with Gasteiger partial charge in [0.2, 0.25) is 5.91 Å².